The van der Waals surface area contributed by atoms with Crippen LogP contribution in [0.2, 0.25) is 0 Å². The molecule has 18 heavy (non-hydrogen) atoms. The third-order valence-corrected chi connectivity index (χ3v) is 4.39. The lowest BCUT2D eigenvalue weighted by Gasteiger charge is -2.33. The Labute approximate surface area is 106 Å². The minimum Gasteiger partial charge on any atom is -0.446 e. The molecule has 2 N–H and O–H groups in total. The number of nitrogens with one attached hydrogen (secondary N) is 1. The van der Waals surface area contributed by atoms with Crippen molar-refractivity contribution in [2.75, 3.05) is 13.2 Å². The highest BCUT2D eigenvalue weighted by Gasteiger charge is 2.34. The lowest BCUT2D eigenvalue weighted by Crippen LogP contribution is -2.51. The van der Waals surface area contributed by atoms with Gasteiger partial charge in [-0.15, -0.1) is 0 Å². The summed E-state index contributed by atoms with van der Waals surface area (Å²) in [6.07, 6.45) is 1.54. The fraction of sp³-hybridized carbons (Fsp3) is 0.636. The van der Waals surface area contributed by atoms with Crippen LogP contribution in [-0.2, 0) is 21.4 Å². The molecule has 6 nitrogen and oxygen atoms in total. The maximum Gasteiger partial charge on any atom is 0.274 e. The SMILES string of the molecule is CC1(NS(=O)(=O)c2ccc(CO)o2)CCCOC1. The number of sulfonamides is 1. The van der Waals surface area contributed by atoms with Crippen LogP contribution in [0.5, 0.6) is 0 Å². The van der Waals surface area contributed by atoms with E-state index in [0.717, 1.165) is 12.8 Å². The Morgan fingerprint density at radius 1 is 1.50 bits per heavy atom. The van der Waals surface area contributed by atoms with Crippen LogP contribution in [0.15, 0.2) is 21.6 Å². The van der Waals surface area contributed by atoms with E-state index in [4.69, 9.17) is 14.3 Å². The summed E-state index contributed by atoms with van der Waals surface area (Å²) in [4.78, 5) is 0. The van der Waals surface area contributed by atoms with Gasteiger partial charge in [0.1, 0.15) is 12.4 Å². The third kappa shape index (κ3) is 2.92. The van der Waals surface area contributed by atoms with E-state index in [9.17, 15) is 8.42 Å². The predicted molar refractivity (Wildman–Crippen MR) is 63.4 cm³/mol. The maximum atomic E-state index is 12.1. The summed E-state index contributed by atoms with van der Waals surface area (Å²) in [5, 5.41) is 8.68. The quantitative estimate of drug-likeness (QED) is 0.841. The summed E-state index contributed by atoms with van der Waals surface area (Å²) in [7, 11) is -3.72. The first-order chi connectivity index (χ1) is 8.45. The fourth-order valence-electron chi connectivity index (χ4n) is 1.98. The predicted octanol–water partition coefficient (Wildman–Crippen LogP) is 0.619. The van der Waals surface area contributed by atoms with Crippen LogP contribution >= 0.6 is 0 Å². The Morgan fingerprint density at radius 3 is 2.83 bits per heavy atom. The van der Waals surface area contributed by atoms with Gasteiger partial charge in [-0.3, -0.25) is 0 Å². The number of hydrogen-bond donors (Lipinski definition) is 2. The smallest absolute Gasteiger partial charge is 0.274 e. The molecule has 102 valence electrons. The van der Waals surface area contributed by atoms with Crippen LogP contribution in [0, 0.1) is 0 Å². The van der Waals surface area contributed by atoms with Gasteiger partial charge < -0.3 is 14.3 Å². The topological polar surface area (TPSA) is 88.8 Å². The number of hydrogen-bond acceptors (Lipinski definition) is 5. The van der Waals surface area contributed by atoms with E-state index in [2.05, 4.69) is 4.72 Å². The minimum absolute atomic E-state index is 0.182. The van der Waals surface area contributed by atoms with Crippen molar-refractivity contribution in [3.63, 3.8) is 0 Å². The number of aliphatic hydroxyl groups excluding tert-OH is 1. The van der Waals surface area contributed by atoms with Gasteiger partial charge >= 0.3 is 0 Å². The number of aliphatic hydroxyl groups is 1. The van der Waals surface area contributed by atoms with E-state index in [1.54, 1.807) is 6.92 Å². The second-order valence-corrected chi connectivity index (χ2v) is 6.31. The van der Waals surface area contributed by atoms with Gasteiger partial charge in [-0.2, -0.15) is 0 Å². The van der Waals surface area contributed by atoms with E-state index in [1.807, 2.05) is 0 Å². The summed E-state index contributed by atoms with van der Waals surface area (Å²) in [6, 6.07) is 2.77. The third-order valence-electron chi connectivity index (χ3n) is 2.88. The summed E-state index contributed by atoms with van der Waals surface area (Å²) < 4.78 is 37.1. The zero-order chi connectivity index (χ0) is 13.2. The summed E-state index contributed by atoms with van der Waals surface area (Å²) in [5.41, 5.74) is -0.608. The van der Waals surface area contributed by atoms with Gasteiger partial charge in [0.15, 0.2) is 0 Å². The highest BCUT2D eigenvalue weighted by Crippen LogP contribution is 2.22. The van der Waals surface area contributed by atoms with Crippen LogP contribution in [0.4, 0.5) is 0 Å². The average Bonchev–Trinajstić information content (AvgIpc) is 2.77. The fourth-order valence-corrected chi connectivity index (χ4v) is 3.35. The Balaban J connectivity index is 2.16. The maximum absolute atomic E-state index is 12.1. The molecule has 0 spiro atoms. The Hall–Kier alpha value is -0.890. The molecular formula is C11H17NO5S. The van der Waals surface area contributed by atoms with Gasteiger partial charge in [0.2, 0.25) is 5.09 Å². The first-order valence-corrected chi connectivity index (χ1v) is 7.25. The molecule has 0 saturated carbocycles. The molecule has 0 amide bonds. The minimum atomic E-state index is -3.72. The van der Waals surface area contributed by atoms with Gasteiger partial charge in [-0.1, -0.05) is 0 Å². The largest absolute Gasteiger partial charge is 0.446 e. The Kier molecular flexibility index (Phi) is 3.76. The van der Waals surface area contributed by atoms with Crippen molar-refractivity contribution in [3.8, 4) is 0 Å². The van der Waals surface area contributed by atoms with E-state index in [0.29, 0.717) is 13.2 Å². The number of rotatable bonds is 4. The number of furan rings is 1. The molecule has 0 radical (unpaired) electrons. The van der Waals surface area contributed by atoms with Gasteiger partial charge in [0.05, 0.1) is 12.1 Å². The molecule has 0 aromatic carbocycles. The van der Waals surface area contributed by atoms with E-state index >= 15 is 0 Å². The second-order valence-electron chi connectivity index (χ2n) is 4.70. The molecule has 0 bridgehead atoms. The average molecular weight is 275 g/mol. The molecule has 2 heterocycles. The molecule has 7 heteroatoms. The second kappa shape index (κ2) is 5.00. The van der Waals surface area contributed by atoms with Crippen molar-refractivity contribution in [2.24, 2.45) is 0 Å². The normalized spacial score (nSPS) is 25.2. The van der Waals surface area contributed by atoms with Crippen molar-refractivity contribution in [1.82, 2.24) is 4.72 Å². The molecular weight excluding hydrogens is 258 g/mol. The van der Waals surface area contributed by atoms with E-state index in [-0.39, 0.29) is 17.5 Å². The van der Waals surface area contributed by atoms with E-state index < -0.39 is 15.6 Å². The molecule has 1 aliphatic heterocycles. The lowest BCUT2D eigenvalue weighted by molar-refractivity contribution is 0.0385. The molecule has 2 rings (SSSR count). The van der Waals surface area contributed by atoms with E-state index in [1.165, 1.54) is 12.1 Å². The number of ether oxygens (including phenoxy) is 1. The zero-order valence-corrected chi connectivity index (χ0v) is 11.0. The van der Waals surface area contributed by atoms with Crippen molar-refractivity contribution in [1.29, 1.82) is 0 Å². The van der Waals surface area contributed by atoms with Crippen LogP contribution in [-0.4, -0.2) is 32.3 Å². The van der Waals surface area contributed by atoms with Crippen LogP contribution in [0.3, 0.4) is 0 Å². The van der Waals surface area contributed by atoms with Crippen molar-refractivity contribution in [3.05, 3.63) is 17.9 Å². The Morgan fingerprint density at radius 2 is 2.28 bits per heavy atom. The van der Waals surface area contributed by atoms with Crippen molar-refractivity contribution in [2.45, 2.75) is 37.0 Å². The molecule has 1 aliphatic rings. The highest BCUT2D eigenvalue weighted by molar-refractivity contribution is 7.89. The molecule has 0 aliphatic carbocycles. The first kappa shape index (κ1) is 13.5. The molecule has 1 saturated heterocycles. The standard InChI is InChI=1S/C11H17NO5S/c1-11(5-2-6-16-8-11)12-18(14,15)10-4-3-9(7-13)17-10/h3-4,12-13H,2,5-8H2,1H3. The van der Waals surface area contributed by atoms with Gasteiger partial charge in [0, 0.05) is 6.61 Å². The van der Waals surface area contributed by atoms with Gasteiger partial charge in [-0.05, 0) is 31.9 Å². The Bertz CT molecular complexity index is 501. The summed E-state index contributed by atoms with van der Waals surface area (Å²) >= 11 is 0. The molecule has 1 atom stereocenters. The van der Waals surface area contributed by atoms with Crippen molar-refractivity contribution >= 4 is 10.0 Å². The van der Waals surface area contributed by atoms with Crippen LogP contribution in [0.25, 0.3) is 0 Å². The molecule has 1 unspecified atom stereocenters. The highest BCUT2D eigenvalue weighted by atomic mass is 32.2. The summed E-state index contributed by atoms with van der Waals surface area (Å²) in [6.45, 7) is 2.49. The van der Waals surface area contributed by atoms with Crippen LogP contribution < -0.4 is 4.72 Å². The van der Waals surface area contributed by atoms with Gasteiger partial charge in [-0.25, -0.2) is 13.1 Å². The van der Waals surface area contributed by atoms with Crippen LogP contribution in [0.1, 0.15) is 25.5 Å². The lowest BCUT2D eigenvalue weighted by atomic mass is 9.97. The molecule has 1 aromatic heterocycles. The summed E-state index contributed by atoms with van der Waals surface area (Å²) in [5.74, 6) is 0.223. The van der Waals surface area contributed by atoms with Gasteiger partial charge in [0.25, 0.3) is 10.0 Å². The molecule has 1 fully saturated rings. The molecule has 1 aromatic rings. The monoisotopic (exact) mass is 275 g/mol. The van der Waals surface area contributed by atoms with Crippen molar-refractivity contribution < 1.29 is 22.7 Å². The first-order valence-electron chi connectivity index (χ1n) is 5.76. The zero-order valence-electron chi connectivity index (χ0n) is 10.2.